The molecule has 9 aromatic carbocycles. The topological polar surface area (TPSA) is 3.24 Å². The van der Waals surface area contributed by atoms with Crippen molar-refractivity contribution in [2.45, 2.75) is 5.41 Å². The van der Waals surface area contributed by atoms with E-state index in [2.05, 4.69) is 205 Å². The monoisotopic (exact) mass is 711 g/mol. The van der Waals surface area contributed by atoms with Crippen LogP contribution in [-0.2, 0) is 5.41 Å². The second-order valence-electron chi connectivity index (χ2n) is 15.5. The lowest BCUT2D eigenvalue weighted by Crippen LogP contribution is -2.70. The zero-order chi connectivity index (χ0) is 35.9. The van der Waals surface area contributed by atoms with Gasteiger partial charge in [-0.3, -0.25) is 0 Å². The Hall–Kier alpha value is -6.74. The van der Waals surface area contributed by atoms with Crippen molar-refractivity contribution >= 4 is 56.7 Å². The molecule has 0 radical (unpaired) electrons. The van der Waals surface area contributed by atoms with Gasteiger partial charge in [-0.2, -0.15) is 0 Å². The van der Waals surface area contributed by atoms with Gasteiger partial charge in [-0.05, 0) is 117 Å². The van der Waals surface area contributed by atoms with Crippen molar-refractivity contribution in [1.82, 2.24) is 0 Å². The van der Waals surface area contributed by atoms with Gasteiger partial charge in [0, 0.05) is 5.69 Å². The minimum absolute atomic E-state index is 0.466. The second-order valence-corrected chi connectivity index (χ2v) is 19.2. The quantitative estimate of drug-likeness (QED) is 0.153. The Morgan fingerprint density at radius 2 is 0.764 bits per heavy atom. The molecule has 0 saturated heterocycles. The van der Waals surface area contributed by atoms with E-state index < -0.39 is 13.5 Å². The van der Waals surface area contributed by atoms with Crippen LogP contribution in [0.4, 0.5) is 17.1 Å². The molecule has 9 aromatic rings. The number of benzene rings is 9. The highest BCUT2D eigenvalue weighted by Gasteiger charge is 2.55. The predicted octanol–water partition coefficient (Wildman–Crippen LogP) is 10.3. The fourth-order valence-corrected chi connectivity index (χ4v) is 16.9. The lowest BCUT2D eigenvalue weighted by molar-refractivity contribution is 0.754. The van der Waals surface area contributed by atoms with E-state index in [4.69, 9.17) is 0 Å². The van der Waals surface area contributed by atoms with Crippen LogP contribution in [-0.4, -0.2) is 8.07 Å². The van der Waals surface area contributed by atoms with Crippen LogP contribution in [0.5, 0.6) is 0 Å². The molecule has 4 aliphatic rings. The summed E-state index contributed by atoms with van der Waals surface area (Å²) >= 11 is 0. The Bertz CT molecular complexity index is 3030. The van der Waals surface area contributed by atoms with E-state index in [9.17, 15) is 0 Å². The van der Waals surface area contributed by atoms with Gasteiger partial charge in [-0.1, -0.05) is 170 Å². The Balaban J connectivity index is 1.14. The molecule has 2 spiro atoms. The van der Waals surface area contributed by atoms with Gasteiger partial charge in [0.1, 0.15) is 0 Å². The summed E-state index contributed by atoms with van der Waals surface area (Å²) < 4.78 is 0. The summed E-state index contributed by atoms with van der Waals surface area (Å²) in [5.41, 5.74) is 16.7. The van der Waals surface area contributed by atoms with Crippen LogP contribution in [0.3, 0.4) is 0 Å². The highest BCUT2D eigenvalue weighted by atomic mass is 28.3. The number of fused-ring (bicyclic) bond motifs is 20. The predicted molar refractivity (Wildman–Crippen MR) is 231 cm³/mol. The van der Waals surface area contributed by atoms with Gasteiger partial charge in [0.05, 0.1) is 16.8 Å². The van der Waals surface area contributed by atoms with E-state index in [1.807, 2.05) is 0 Å². The van der Waals surface area contributed by atoms with Crippen LogP contribution in [0.2, 0.25) is 0 Å². The number of anilines is 3. The van der Waals surface area contributed by atoms with Gasteiger partial charge in [0.15, 0.2) is 8.07 Å². The van der Waals surface area contributed by atoms with E-state index in [0.717, 1.165) is 0 Å². The molecule has 0 saturated carbocycles. The second kappa shape index (κ2) is 10.5. The summed E-state index contributed by atoms with van der Waals surface area (Å²) in [6.07, 6.45) is 0. The van der Waals surface area contributed by atoms with Gasteiger partial charge in [-0.15, -0.1) is 0 Å². The van der Waals surface area contributed by atoms with Crippen molar-refractivity contribution in [1.29, 1.82) is 0 Å². The molecule has 0 bridgehead atoms. The van der Waals surface area contributed by atoms with Crippen molar-refractivity contribution in [2.75, 3.05) is 4.90 Å². The normalized spacial score (nSPS) is 15.2. The largest absolute Gasteiger partial charge is 0.310 e. The van der Waals surface area contributed by atoms with Gasteiger partial charge in [0.25, 0.3) is 0 Å². The number of para-hydroxylation sites is 1. The Labute approximate surface area is 321 Å². The molecular weight excluding hydrogens is 679 g/mol. The first kappa shape index (κ1) is 29.7. The number of hydrogen-bond acceptors (Lipinski definition) is 1. The summed E-state index contributed by atoms with van der Waals surface area (Å²) in [6, 6.07) is 76.4. The summed E-state index contributed by atoms with van der Waals surface area (Å²) in [6.45, 7) is 0. The fourth-order valence-electron chi connectivity index (χ4n) is 11.3. The third-order valence-electron chi connectivity index (χ3n) is 13.2. The fraction of sp³-hybridized carbons (Fsp3) is 0.0189. The summed E-state index contributed by atoms with van der Waals surface area (Å²) in [5, 5.41) is 8.50. The lowest BCUT2D eigenvalue weighted by Gasteiger charge is -2.45. The molecule has 2 heteroatoms. The van der Waals surface area contributed by atoms with Crippen molar-refractivity contribution in [3.05, 3.63) is 222 Å². The molecule has 1 aliphatic carbocycles. The molecule has 13 rings (SSSR count). The molecule has 0 aromatic heterocycles. The Morgan fingerprint density at radius 3 is 1.36 bits per heavy atom. The van der Waals surface area contributed by atoms with Crippen molar-refractivity contribution in [3.63, 3.8) is 0 Å². The molecule has 55 heavy (non-hydrogen) atoms. The van der Waals surface area contributed by atoms with Gasteiger partial charge < -0.3 is 4.90 Å². The molecule has 3 heterocycles. The van der Waals surface area contributed by atoms with Crippen molar-refractivity contribution in [3.8, 4) is 33.4 Å². The summed E-state index contributed by atoms with van der Waals surface area (Å²) in [7, 11) is -2.63. The van der Waals surface area contributed by atoms with Crippen LogP contribution in [0.25, 0.3) is 44.2 Å². The first-order valence-corrected chi connectivity index (χ1v) is 21.4. The minimum atomic E-state index is -2.63. The number of hydrogen-bond donors (Lipinski definition) is 0. The maximum Gasteiger partial charge on any atom is 0.182 e. The summed E-state index contributed by atoms with van der Waals surface area (Å²) in [5.74, 6) is 0. The van der Waals surface area contributed by atoms with Crippen LogP contribution in [0.15, 0.2) is 200 Å². The maximum absolute atomic E-state index is 2.63. The van der Waals surface area contributed by atoms with Crippen LogP contribution in [0, 0.1) is 0 Å². The molecule has 0 unspecified atom stereocenters. The minimum Gasteiger partial charge on any atom is -0.310 e. The first-order valence-electron chi connectivity index (χ1n) is 19.4. The standard InChI is InChI=1S/C53H33NSi/c1-2-16-35-32-48-46(31-34(35)15-1)53(43-22-8-3-17-37(43)38-18-4-9-23-44(38)53)45-24-10-11-25-47(45)54(48)36-29-30-42-41-21-7-14-28-51(41)55(52(42)33-36)49-26-12-5-19-39(49)40-20-6-13-27-50(40)55/h1-33H. The average Bonchev–Trinajstić information content (AvgIpc) is 3.84. The van der Waals surface area contributed by atoms with Gasteiger partial charge in [-0.25, -0.2) is 0 Å². The molecule has 0 amide bonds. The third kappa shape index (κ3) is 3.46. The zero-order valence-electron chi connectivity index (χ0n) is 30.0. The molecule has 0 fully saturated rings. The van der Waals surface area contributed by atoms with E-state index >= 15 is 0 Å². The van der Waals surface area contributed by atoms with Crippen LogP contribution < -0.4 is 25.6 Å². The molecule has 1 nitrogen and oxygen atoms in total. The van der Waals surface area contributed by atoms with Crippen LogP contribution in [0.1, 0.15) is 22.3 Å². The molecular formula is C53H33NSi. The van der Waals surface area contributed by atoms with E-state index in [1.54, 1.807) is 0 Å². The summed E-state index contributed by atoms with van der Waals surface area (Å²) in [4.78, 5) is 2.59. The Morgan fingerprint density at radius 1 is 0.309 bits per heavy atom. The number of nitrogens with zero attached hydrogens (tertiary/aromatic N) is 1. The first-order chi connectivity index (χ1) is 27.3. The van der Waals surface area contributed by atoms with E-state index in [-0.39, 0.29) is 0 Å². The van der Waals surface area contributed by atoms with Gasteiger partial charge in [0.2, 0.25) is 0 Å². The molecule has 3 aliphatic heterocycles. The van der Waals surface area contributed by atoms with Crippen LogP contribution >= 0.6 is 0 Å². The van der Waals surface area contributed by atoms with E-state index in [1.165, 1.54) is 104 Å². The maximum atomic E-state index is 2.59. The number of rotatable bonds is 1. The zero-order valence-corrected chi connectivity index (χ0v) is 31.0. The molecule has 0 atom stereocenters. The van der Waals surface area contributed by atoms with Crippen molar-refractivity contribution in [2.24, 2.45) is 0 Å². The highest BCUT2D eigenvalue weighted by molar-refractivity contribution is 7.24. The third-order valence-corrected chi connectivity index (χ3v) is 18.2. The smallest absolute Gasteiger partial charge is 0.182 e. The molecule has 0 N–H and O–H groups in total. The van der Waals surface area contributed by atoms with E-state index in [0.29, 0.717) is 0 Å². The van der Waals surface area contributed by atoms with Gasteiger partial charge >= 0.3 is 0 Å². The SMILES string of the molecule is c1ccc2c(c1)-c1ccccc1C21c2ccccc2N(c2ccc3c(c2)[Si]2(c4ccccc4-c4ccccc42)c2ccccc2-3)c2cc3ccccc3cc21. The highest BCUT2D eigenvalue weighted by Crippen LogP contribution is 2.63. The lowest BCUT2D eigenvalue weighted by atomic mass is 9.64. The molecule has 254 valence electrons. The van der Waals surface area contributed by atoms with Crippen molar-refractivity contribution < 1.29 is 0 Å². The average molecular weight is 712 g/mol. The Kier molecular flexibility index (Phi) is 5.65.